The van der Waals surface area contributed by atoms with Gasteiger partial charge in [0.15, 0.2) is 5.78 Å². The molecule has 4 rings (SSSR count). The minimum absolute atomic E-state index is 0.00403. The lowest BCUT2D eigenvalue weighted by molar-refractivity contribution is -0.136. The predicted molar refractivity (Wildman–Crippen MR) is 101 cm³/mol. The summed E-state index contributed by atoms with van der Waals surface area (Å²) in [5.74, 6) is -0.833. The zero-order valence-corrected chi connectivity index (χ0v) is 14.0. The van der Waals surface area contributed by atoms with Gasteiger partial charge in [-0.2, -0.15) is 0 Å². The zero-order chi connectivity index (χ0) is 17.4. The highest BCUT2D eigenvalue weighted by Gasteiger charge is 2.12. The van der Waals surface area contributed by atoms with E-state index in [-0.39, 0.29) is 12.2 Å². The highest BCUT2D eigenvalue weighted by Crippen LogP contribution is 2.35. The van der Waals surface area contributed by atoms with Gasteiger partial charge in [-0.15, -0.1) is 11.3 Å². The number of carbonyl (C=O) groups excluding carboxylic acids is 1. The van der Waals surface area contributed by atoms with E-state index in [0.29, 0.717) is 11.1 Å². The number of hydrogen-bond acceptors (Lipinski definition) is 3. The number of fused-ring (bicyclic) bond motifs is 3. The maximum absolute atomic E-state index is 12.7. The van der Waals surface area contributed by atoms with Crippen molar-refractivity contribution in [2.75, 3.05) is 0 Å². The van der Waals surface area contributed by atoms with Crippen molar-refractivity contribution in [3.8, 4) is 0 Å². The first-order valence-electron chi connectivity index (χ1n) is 7.88. The van der Waals surface area contributed by atoms with Crippen LogP contribution in [0.15, 0.2) is 66.7 Å². The van der Waals surface area contributed by atoms with Gasteiger partial charge in [0.25, 0.3) is 0 Å². The molecule has 25 heavy (non-hydrogen) atoms. The van der Waals surface area contributed by atoms with Gasteiger partial charge in [0.05, 0.1) is 6.42 Å². The summed E-state index contributed by atoms with van der Waals surface area (Å²) in [5, 5.41) is 11.0. The Balaban J connectivity index is 1.81. The first-order chi connectivity index (χ1) is 12.1. The number of aliphatic carboxylic acids is 1. The van der Waals surface area contributed by atoms with Crippen LogP contribution in [0.25, 0.3) is 20.2 Å². The summed E-state index contributed by atoms with van der Waals surface area (Å²) in [6, 6.07) is 20.7. The quantitative estimate of drug-likeness (QED) is 0.534. The molecule has 0 aliphatic carbocycles. The summed E-state index contributed by atoms with van der Waals surface area (Å²) >= 11 is 1.61. The lowest BCUT2D eigenvalue weighted by Gasteiger charge is -2.02. The van der Waals surface area contributed by atoms with E-state index >= 15 is 0 Å². The SMILES string of the molecule is O=C(O)Cc1ccc2c(c1)sc1ccc(C(=O)c3ccccc3)cc12. The average Bonchev–Trinajstić information content (AvgIpc) is 2.98. The minimum Gasteiger partial charge on any atom is -0.481 e. The molecule has 4 heteroatoms. The summed E-state index contributed by atoms with van der Waals surface area (Å²) in [5.41, 5.74) is 2.12. The zero-order valence-electron chi connectivity index (χ0n) is 13.2. The Hall–Kier alpha value is -2.98. The highest BCUT2D eigenvalue weighted by atomic mass is 32.1. The molecule has 0 aliphatic heterocycles. The van der Waals surface area contributed by atoms with Crippen LogP contribution >= 0.6 is 11.3 Å². The molecule has 0 bridgehead atoms. The molecule has 1 aromatic heterocycles. The standard InChI is InChI=1S/C21H14O3S/c22-20(23)11-13-6-8-16-17-12-15(7-9-18(17)25-19(16)10-13)21(24)14-4-2-1-3-5-14/h1-10,12H,11H2,(H,22,23). The number of rotatable bonds is 4. The first-order valence-corrected chi connectivity index (χ1v) is 8.70. The van der Waals surface area contributed by atoms with Gasteiger partial charge in [-0.1, -0.05) is 42.5 Å². The van der Waals surface area contributed by atoms with Gasteiger partial charge in [0.1, 0.15) is 0 Å². The van der Waals surface area contributed by atoms with E-state index in [1.54, 1.807) is 11.3 Å². The molecule has 0 atom stereocenters. The number of thiophene rings is 1. The van der Waals surface area contributed by atoms with Gasteiger partial charge >= 0.3 is 5.97 Å². The Morgan fingerprint density at radius 3 is 2.36 bits per heavy atom. The van der Waals surface area contributed by atoms with E-state index in [4.69, 9.17) is 5.11 Å². The fraction of sp³-hybridized carbons (Fsp3) is 0.0476. The average molecular weight is 346 g/mol. The number of ketones is 1. The third-order valence-electron chi connectivity index (χ3n) is 4.19. The number of benzene rings is 3. The van der Waals surface area contributed by atoms with Crippen LogP contribution in [0.3, 0.4) is 0 Å². The molecule has 1 N–H and O–H groups in total. The molecule has 0 radical (unpaired) electrons. The van der Waals surface area contributed by atoms with Crippen LogP contribution in [0.5, 0.6) is 0 Å². The maximum Gasteiger partial charge on any atom is 0.307 e. The molecule has 0 fully saturated rings. The molecule has 0 spiro atoms. The second-order valence-corrected chi connectivity index (χ2v) is 6.99. The number of carbonyl (C=O) groups is 2. The maximum atomic E-state index is 12.7. The molecule has 0 saturated carbocycles. The predicted octanol–water partition coefficient (Wildman–Crippen LogP) is 4.91. The summed E-state index contributed by atoms with van der Waals surface area (Å²) in [4.78, 5) is 23.6. The summed E-state index contributed by atoms with van der Waals surface area (Å²) in [7, 11) is 0. The first kappa shape index (κ1) is 15.5. The topological polar surface area (TPSA) is 54.4 Å². The number of hydrogen-bond donors (Lipinski definition) is 1. The van der Waals surface area contributed by atoms with Crippen molar-refractivity contribution >= 4 is 43.3 Å². The molecular weight excluding hydrogens is 332 g/mol. The monoisotopic (exact) mass is 346 g/mol. The minimum atomic E-state index is -0.837. The Kier molecular flexibility index (Phi) is 3.82. The van der Waals surface area contributed by atoms with Crippen LogP contribution in [-0.2, 0) is 11.2 Å². The van der Waals surface area contributed by atoms with Gasteiger partial charge in [-0.05, 0) is 29.8 Å². The van der Waals surface area contributed by atoms with Crippen LogP contribution in [0.2, 0.25) is 0 Å². The second kappa shape index (κ2) is 6.15. The molecule has 4 aromatic rings. The van der Waals surface area contributed by atoms with Gasteiger partial charge in [0.2, 0.25) is 0 Å². The van der Waals surface area contributed by atoms with E-state index in [0.717, 1.165) is 25.7 Å². The molecule has 0 unspecified atom stereocenters. The fourth-order valence-corrected chi connectivity index (χ4v) is 4.15. The highest BCUT2D eigenvalue weighted by molar-refractivity contribution is 7.25. The van der Waals surface area contributed by atoms with E-state index in [2.05, 4.69) is 0 Å². The lowest BCUT2D eigenvalue weighted by Crippen LogP contribution is -2.00. The molecule has 3 nitrogen and oxygen atoms in total. The Morgan fingerprint density at radius 2 is 1.60 bits per heavy atom. The molecule has 0 saturated heterocycles. The third-order valence-corrected chi connectivity index (χ3v) is 5.32. The Morgan fingerprint density at radius 1 is 0.800 bits per heavy atom. The Bertz CT molecular complexity index is 1110. The Labute approximate surface area is 148 Å². The smallest absolute Gasteiger partial charge is 0.307 e. The van der Waals surface area contributed by atoms with Crippen molar-refractivity contribution in [3.63, 3.8) is 0 Å². The molecule has 122 valence electrons. The van der Waals surface area contributed by atoms with E-state index in [1.165, 1.54) is 0 Å². The van der Waals surface area contributed by atoms with Gasteiger partial charge in [-0.25, -0.2) is 0 Å². The van der Waals surface area contributed by atoms with Gasteiger partial charge in [0, 0.05) is 31.3 Å². The summed E-state index contributed by atoms with van der Waals surface area (Å²) in [6.07, 6.45) is 0.0158. The fourth-order valence-electron chi connectivity index (χ4n) is 3.00. The number of carboxylic acids is 1. The number of carboxylic acid groups (broad SMARTS) is 1. The van der Waals surface area contributed by atoms with Gasteiger partial charge < -0.3 is 5.11 Å². The molecular formula is C21H14O3S. The third kappa shape index (κ3) is 2.92. The summed E-state index contributed by atoms with van der Waals surface area (Å²) < 4.78 is 2.13. The molecule has 0 amide bonds. The normalized spacial score (nSPS) is 11.0. The van der Waals surface area contributed by atoms with Gasteiger partial charge in [-0.3, -0.25) is 9.59 Å². The summed E-state index contributed by atoms with van der Waals surface area (Å²) in [6.45, 7) is 0. The van der Waals surface area contributed by atoms with Crippen molar-refractivity contribution in [2.45, 2.75) is 6.42 Å². The van der Waals surface area contributed by atoms with Crippen LogP contribution in [-0.4, -0.2) is 16.9 Å². The largest absolute Gasteiger partial charge is 0.481 e. The second-order valence-electron chi connectivity index (χ2n) is 5.91. The van der Waals surface area contributed by atoms with Crippen molar-refractivity contribution in [1.82, 2.24) is 0 Å². The van der Waals surface area contributed by atoms with Crippen LogP contribution in [0.1, 0.15) is 21.5 Å². The van der Waals surface area contributed by atoms with E-state index < -0.39 is 5.97 Å². The van der Waals surface area contributed by atoms with Crippen LogP contribution in [0.4, 0.5) is 0 Å². The molecule has 0 aliphatic rings. The van der Waals surface area contributed by atoms with E-state index in [9.17, 15) is 9.59 Å². The van der Waals surface area contributed by atoms with Crippen LogP contribution < -0.4 is 0 Å². The molecule has 1 heterocycles. The lowest BCUT2D eigenvalue weighted by atomic mass is 10.0. The van der Waals surface area contributed by atoms with Crippen molar-refractivity contribution in [1.29, 1.82) is 0 Å². The van der Waals surface area contributed by atoms with Crippen molar-refractivity contribution < 1.29 is 14.7 Å². The van der Waals surface area contributed by atoms with Crippen molar-refractivity contribution in [2.24, 2.45) is 0 Å². The van der Waals surface area contributed by atoms with Crippen LogP contribution in [0, 0.1) is 0 Å². The van der Waals surface area contributed by atoms with E-state index in [1.807, 2.05) is 66.7 Å². The molecule has 3 aromatic carbocycles. The van der Waals surface area contributed by atoms with Crippen molar-refractivity contribution in [3.05, 3.63) is 83.4 Å².